The normalized spacial score (nSPS) is 22.5. The van der Waals surface area contributed by atoms with Gasteiger partial charge in [0.1, 0.15) is 6.42 Å². The van der Waals surface area contributed by atoms with Crippen molar-refractivity contribution in [1.29, 1.82) is 0 Å². The second-order valence-corrected chi connectivity index (χ2v) is 11.1. The maximum Gasteiger partial charge on any atom is 0.337 e. The maximum absolute atomic E-state index is 12.9. The number of carbonyl (C=O) groups excluding carboxylic acids is 2. The third kappa shape index (κ3) is 6.78. The molecule has 0 bridgehead atoms. The standard InChI is InChI=1S/C31H42N2O4/c1-6-31(5,7-2)37-30(35)25-11-9-23(18-25)19-33-20-28-22(4)27(15-12-24(28)10-8-21(33)3)29(34)32-16-17-36-26-13-14-26/h6,10-12,15,20-21,23,26H,7-9,13-14,16-19H2,1-5H3/p+1. The van der Waals surface area contributed by atoms with Gasteiger partial charge in [-0.1, -0.05) is 25.1 Å². The van der Waals surface area contributed by atoms with E-state index in [2.05, 4.69) is 41.6 Å². The van der Waals surface area contributed by atoms with Gasteiger partial charge >= 0.3 is 5.97 Å². The van der Waals surface area contributed by atoms with E-state index in [-0.39, 0.29) is 11.9 Å². The van der Waals surface area contributed by atoms with Crippen LogP contribution in [0.5, 0.6) is 0 Å². The lowest BCUT2D eigenvalue weighted by atomic mass is 9.99. The summed E-state index contributed by atoms with van der Waals surface area (Å²) in [5, 5.41) is 5.29. The molecule has 0 radical (unpaired) electrons. The first kappa shape index (κ1) is 27.3. The zero-order chi connectivity index (χ0) is 26.6. The van der Waals surface area contributed by atoms with Crippen LogP contribution in [0.1, 0.15) is 82.1 Å². The average molecular weight is 508 g/mol. The number of fused-ring (bicyclic) bond motifs is 1. The summed E-state index contributed by atoms with van der Waals surface area (Å²) >= 11 is 0. The summed E-state index contributed by atoms with van der Waals surface area (Å²) in [6.07, 6.45) is 14.5. The van der Waals surface area contributed by atoms with Gasteiger partial charge in [0, 0.05) is 55.0 Å². The highest BCUT2D eigenvalue weighted by Crippen LogP contribution is 2.30. The maximum atomic E-state index is 12.9. The summed E-state index contributed by atoms with van der Waals surface area (Å²) in [5.41, 5.74) is 1.98. The predicted octanol–water partition coefficient (Wildman–Crippen LogP) is 3.79. The average Bonchev–Trinajstić information content (AvgIpc) is 3.63. The molecule has 0 saturated heterocycles. The molecule has 1 aliphatic heterocycles. The van der Waals surface area contributed by atoms with Gasteiger partial charge in [0.25, 0.3) is 5.91 Å². The van der Waals surface area contributed by atoms with Crippen LogP contribution in [0.15, 0.2) is 23.8 Å². The molecule has 1 heterocycles. The molecule has 1 amide bonds. The molecule has 1 N–H and O–H groups in total. The summed E-state index contributed by atoms with van der Waals surface area (Å²) in [6.45, 7) is 12.2. The minimum atomic E-state index is -0.519. The minimum absolute atomic E-state index is 0.0523. The second kappa shape index (κ2) is 11.8. The molecule has 0 aromatic heterocycles. The quantitative estimate of drug-likeness (QED) is 0.280. The van der Waals surface area contributed by atoms with E-state index in [4.69, 9.17) is 9.47 Å². The van der Waals surface area contributed by atoms with Crippen LogP contribution >= 0.6 is 0 Å². The highest BCUT2D eigenvalue weighted by Gasteiger charge is 2.35. The van der Waals surface area contributed by atoms with Crippen molar-refractivity contribution in [2.24, 2.45) is 5.92 Å². The Balaban J connectivity index is 1.43. The molecule has 0 spiro atoms. The second-order valence-electron chi connectivity index (χ2n) is 11.1. The van der Waals surface area contributed by atoms with Gasteiger partial charge in [-0.3, -0.25) is 4.79 Å². The monoisotopic (exact) mass is 507 g/mol. The largest absolute Gasteiger partial charge is 0.415 e. The van der Waals surface area contributed by atoms with E-state index in [1.807, 2.05) is 40.2 Å². The van der Waals surface area contributed by atoms with E-state index in [0.717, 1.165) is 61.4 Å². The van der Waals surface area contributed by atoms with Crippen LogP contribution in [0.2, 0.25) is 0 Å². The Morgan fingerprint density at radius 2 is 2.00 bits per heavy atom. The van der Waals surface area contributed by atoms with Crippen molar-refractivity contribution in [1.82, 2.24) is 10.2 Å². The number of hydrogen-bond donors (Lipinski definition) is 1. The van der Waals surface area contributed by atoms with E-state index in [1.165, 1.54) is 5.22 Å². The first-order chi connectivity index (χ1) is 17.7. The number of esters is 1. The first-order valence-corrected chi connectivity index (χ1v) is 13.9. The smallest absolute Gasteiger partial charge is 0.337 e. The number of carbonyl (C=O) groups is 2. The number of benzene rings is 1. The molecule has 6 nitrogen and oxygen atoms in total. The third-order valence-corrected chi connectivity index (χ3v) is 8.17. The Morgan fingerprint density at radius 1 is 1.22 bits per heavy atom. The molecular formula is C31H43N2O4+. The highest BCUT2D eigenvalue weighted by molar-refractivity contribution is 5.95. The van der Waals surface area contributed by atoms with Gasteiger partial charge < -0.3 is 19.7 Å². The predicted molar refractivity (Wildman–Crippen MR) is 147 cm³/mol. The Labute approximate surface area is 221 Å². The number of nitrogens with one attached hydrogen (secondary N) is 1. The number of allylic oxidation sites excluding steroid dienone is 1. The molecule has 6 heteroatoms. The molecule has 2 aliphatic carbocycles. The summed E-state index contributed by atoms with van der Waals surface area (Å²) < 4.78 is 11.5. The highest BCUT2D eigenvalue weighted by atomic mass is 16.6. The van der Waals surface area contributed by atoms with Crippen molar-refractivity contribution >= 4 is 24.2 Å². The Hall–Kier alpha value is -2.73. The number of ether oxygens (including phenoxy) is 2. The molecule has 3 atom stereocenters. The van der Waals surface area contributed by atoms with Gasteiger partial charge in [-0.2, -0.15) is 0 Å². The molecule has 3 aliphatic rings. The third-order valence-electron chi connectivity index (χ3n) is 8.17. The fraction of sp³-hybridized carbons (Fsp3) is 0.581. The Morgan fingerprint density at radius 3 is 2.70 bits per heavy atom. The van der Waals surface area contributed by atoms with Crippen LogP contribution in [-0.4, -0.2) is 54.2 Å². The van der Waals surface area contributed by atoms with Crippen molar-refractivity contribution in [3.63, 3.8) is 0 Å². The van der Waals surface area contributed by atoms with Crippen LogP contribution in [-0.2, 0) is 14.3 Å². The van der Waals surface area contributed by atoms with Gasteiger partial charge in [0.15, 0.2) is 0 Å². The molecule has 37 heavy (non-hydrogen) atoms. The minimum Gasteiger partial charge on any atom is -0.415 e. The van der Waals surface area contributed by atoms with Crippen molar-refractivity contribution in [3.05, 3.63) is 51.8 Å². The fourth-order valence-corrected chi connectivity index (χ4v) is 5.03. The van der Waals surface area contributed by atoms with Crippen molar-refractivity contribution in [2.45, 2.75) is 90.9 Å². The van der Waals surface area contributed by atoms with E-state index in [9.17, 15) is 9.59 Å². The van der Waals surface area contributed by atoms with Crippen molar-refractivity contribution < 1.29 is 19.1 Å². The van der Waals surface area contributed by atoms with E-state index >= 15 is 0 Å². The number of rotatable bonds is 11. The van der Waals surface area contributed by atoms with Crippen LogP contribution in [0.3, 0.4) is 0 Å². The van der Waals surface area contributed by atoms with Gasteiger partial charge in [-0.25, -0.2) is 4.79 Å². The summed E-state index contributed by atoms with van der Waals surface area (Å²) in [5.74, 6) is 0.119. The topological polar surface area (TPSA) is 67.9 Å². The van der Waals surface area contributed by atoms with Gasteiger partial charge in [-0.15, -0.1) is 0 Å². The van der Waals surface area contributed by atoms with E-state index < -0.39 is 5.60 Å². The SMILES string of the molecule is C[CH+]C(C)(CC)OC(=O)C1=CCC(CN2C=c3c(C)c(C(=O)NCCOC4CC4)ccc3=CCC2C)C1. The van der Waals surface area contributed by atoms with Crippen molar-refractivity contribution in [2.75, 3.05) is 19.7 Å². The van der Waals surface area contributed by atoms with E-state index in [1.54, 1.807) is 0 Å². The zero-order valence-electron chi connectivity index (χ0n) is 23.1. The molecule has 4 rings (SSSR count). The van der Waals surface area contributed by atoms with Crippen LogP contribution < -0.4 is 15.8 Å². The molecule has 3 unspecified atom stereocenters. The lowest BCUT2D eigenvalue weighted by Crippen LogP contribution is -2.37. The fourth-order valence-electron chi connectivity index (χ4n) is 5.03. The number of hydrogen-bond acceptors (Lipinski definition) is 5. The molecule has 1 fully saturated rings. The summed E-state index contributed by atoms with van der Waals surface area (Å²) in [4.78, 5) is 28.1. The van der Waals surface area contributed by atoms with Gasteiger partial charge in [-0.05, 0) is 68.7 Å². The zero-order valence-corrected chi connectivity index (χ0v) is 23.1. The van der Waals surface area contributed by atoms with Crippen LogP contribution in [0.4, 0.5) is 0 Å². The molecular weight excluding hydrogens is 464 g/mol. The molecule has 1 aromatic carbocycles. The molecule has 200 valence electrons. The summed E-state index contributed by atoms with van der Waals surface area (Å²) in [6, 6.07) is 4.33. The Kier molecular flexibility index (Phi) is 8.68. The van der Waals surface area contributed by atoms with Gasteiger partial charge in [0.2, 0.25) is 5.60 Å². The number of amides is 1. The van der Waals surface area contributed by atoms with Gasteiger partial charge in [0.05, 0.1) is 19.6 Å². The van der Waals surface area contributed by atoms with Crippen molar-refractivity contribution in [3.8, 4) is 0 Å². The number of nitrogens with zero attached hydrogens (tertiary/aromatic N) is 1. The Bertz CT molecular complexity index is 1150. The molecule has 1 aromatic rings. The summed E-state index contributed by atoms with van der Waals surface area (Å²) in [7, 11) is 0. The van der Waals surface area contributed by atoms with Crippen LogP contribution in [0.25, 0.3) is 12.3 Å². The van der Waals surface area contributed by atoms with E-state index in [0.29, 0.717) is 36.8 Å². The first-order valence-electron chi connectivity index (χ1n) is 13.9. The lowest BCUT2D eigenvalue weighted by Gasteiger charge is -2.29. The lowest BCUT2D eigenvalue weighted by molar-refractivity contribution is -0.150. The molecule has 1 saturated carbocycles. The van der Waals surface area contributed by atoms with Crippen LogP contribution in [0, 0.1) is 19.3 Å².